The van der Waals surface area contributed by atoms with E-state index in [0.717, 1.165) is 0 Å². The molecule has 110 valence electrons. The second-order valence-corrected chi connectivity index (χ2v) is 15.6. The van der Waals surface area contributed by atoms with Crippen molar-refractivity contribution in [1.29, 1.82) is 0 Å². The maximum Gasteiger partial charge on any atom is 0.187 e. The topological polar surface area (TPSA) is 18.5 Å². The van der Waals surface area contributed by atoms with E-state index in [-0.39, 0.29) is 0 Å². The fourth-order valence-electron chi connectivity index (χ4n) is 2.50. The highest BCUT2D eigenvalue weighted by atomic mass is 28.4. The van der Waals surface area contributed by atoms with Crippen molar-refractivity contribution in [3.8, 4) is 0 Å². The molecule has 0 aromatic rings. The van der Waals surface area contributed by atoms with Crippen molar-refractivity contribution in [2.75, 3.05) is 0 Å². The van der Waals surface area contributed by atoms with Crippen LogP contribution in [0.3, 0.4) is 0 Å². The summed E-state index contributed by atoms with van der Waals surface area (Å²) >= 11 is 0. The minimum atomic E-state index is -1.42. The van der Waals surface area contributed by atoms with Crippen LogP contribution in [0.4, 0.5) is 0 Å². The van der Waals surface area contributed by atoms with E-state index in [1.165, 1.54) is 24.9 Å². The van der Waals surface area contributed by atoms with Gasteiger partial charge in [0, 0.05) is 12.2 Å². The first-order valence-corrected chi connectivity index (χ1v) is 13.6. The zero-order valence-electron chi connectivity index (χ0n) is 13.8. The third kappa shape index (κ3) is 10.3. The molecule has 0 bridgehead atoms. The quantitative estimate of drug-likeness (QED) is 0.438. The van der Waals surface area contributed by atoms with Gasteiger partial charge in [-0.25, -0.2) is 0 Å². The number of unbranched alkanes of at least 4 members (excludes halogenated alkanes) is 1. The van der Waals surface area contributed by atoms with E-state index in [1.807, 2.05) is 0 Å². The van der Waals surface area contributed by atoms with Gasteiger partial charge in [-0.3, -0.25) is 0 Å². The van der Waals surface area contributed by atoms with Crippen LogP contribution in [-0.4, -0.2) is 28.8 Å². The Morgan fingerprint density at radius 1 is 0.667 bits per heavy atom. The molecule has 0 rings (SSSR count). The summed E-state index contributed by atoms with van der Waals surface area (Å²) in [5, 5.41) is 0. The monoisotopic (exact) mass is 290 g/mol. The molecule has 0 aliphatic heterocycles. The molecule has 0 unspecified atom stereocenters. The molecule has 18 heavy (non-hydrogen) atoms. The van der Waals surface area contributed by atoms with E-state index in [4.69, 9.17) is 8.85 Å². The lowest BCUT2D eigenvalue weighted by atomic mass is 10.4. The van der Waals surface area contributed by atoms with Crippen molar-refractivity contribution in [3.63, 3.8) is 0 Å². The van der Waals surface area contributed by atoms with Crippen molar-refractivity contribution in [2.45, 2.75) is 91.0 Å². The van der Waals surface area contributed by atoms with Crippen molar-refractivity contribution in [2.24, 2.45) is 0 Å². The average molecular weight is 291 g/mol. The van der Waals surface area contributed by atoms with Crippen LogP contribution in [0.25, 0.3) is 0 Å². The van der Waals surface area contributed by atoms with Gasteiger partial charge in [-0.2, -0.15) is 0 Å². The van der Waals surface area contributed by atoms with Crippen LogP contribution in [0.15, 0.2) is 0 Å². The van der Waals surface area contributed by atoms with Crippen LogP contribution in [0, 0.1) is 0 Å². The summed E-state index contributed by atoms with van der Waals surface area (Å²) in [6, 6.07) is 2.55. The Bertz CT molecular complexity index is 202. The third-order valence-electron chi connectivity index (χ3n) is 2.92. The molecule has 0 amide bonds. The van der Waals surface area contributed by atoms with Crippen molar-refractivity contribution < 1.29 is 8.85 Å². The standard InChI is InChI=1S/C14H34O2Si2/c1-13(2)15-17(5,6)11-9-10-12-18(7,8)16-14(3)4/h13-14H,9-12H2,1-8H3. The average Bonchev–Trinajstić information content (AvgIpc) is 2.08. The summed E-state index contributed by atoms with van der Waals surface area (Å²) in [6.07, 6.45) is 3.34. The molecule has 0 spiro atoms. The maximum atomic E-state index is 6.05. The number of rotatable bonds is 9. The lowest BCUT2D eigenvalue weighted by Crippen LogP contribution is -2.34. The van der Waals surface area contributed by atoms with Crippen LogP contribution < -0.4 is 0 Å². The Labute approximate surface area is 117 Å². The van der Waals surface area contributed by atoms with Gasteiger partial charge in [0.25, 0.3) is 0 Å². The summed E-state index contributed by atoms with van der Waals surface area (Å²) in [4.78, 5) is 0. The van der Waals surface area contributed by atoms with Crippen LogP contribution >= 0.6 is 0 Å². The highest BCUT2D eigenvalue weighted by Crippen LogP contribution is 2.22. The van der Waals surface area contributed by atoms with Gasteiger partial charge in [0.1, 0.15) is 0 Å². The van der Waals surface area contributed by atoms with Crippen molar-refractivity contribution >= 4 is 16.6 Å². The Balaban J connectivity index is 3.85. The molecule has 0 heterocycles. The maximum absolute atomic E-state index is 6.05. The SMILES string of the molecule is CC(C)O[Si](C)(C)CCCC[Si](C)(C)OC(C)C. The van der Waals surface area contributed by atoms with E-state index >= 15 is 0 Å². The molecule has 4 heteroatoms. The highest BCUT2D eigenvalue weighted by Gasteiger charge is 2.26. The summed E-state index contributed by atoms with van der Waals surface area (Å²) in [7, 11) is -2.84. The first-order chi connectivity index (χ1) is 8.04. The van der Waals surface area contributed by atoms with E-state index in [1.54, 1.807) is 0 Å². The van der Waals surface area contributed by atoms with Gasteiger partial charge in [-0.1, -0.05) is 12.8 Å². The molecule has 0 saturated heterocycles. The fourth-order valence-corrected chi connectivity index (χ4v) is 7.49. The summed E-state index contributed by atoms with van der Waals surface area (Å²) in [6.45, 7) is 17.9. The fraction of sp³-hybridized carbons (Fsp3) is 1.00. The second kappa shape index (κ2) is 7.83. The molecule has 2 nitrogen and oxygen atoms in total. The molecule has 0 radical (unpaired) electrons. The van der Waals surface area contributed by atoms with Gasteiger partial charge < -0.3 is 8.85 Å². The predicted octanol–water partition coefficient (Wildman–Crippen LogP) is 5.03. The minimum Gasteiger partial charge on any atom is -0.415 e. The van der Waals surface area contributed by atoms with Gasteiger partial charge in [0.15, 0.2) is 16.6 Å². The molecule has 0 saturated carbocycles. The predicted molar refractivity (Wildman–Crippen MR) is 86.3 cm³/mol. The van der Waals surface area contributed by atoms with E-state index in [2.05, 4.69) is 53.9 Å². The van der Waals surface area contributed by atoms with E-state index in [9.17, 15) is 0 Å². The molecule has 0 atom stereocenters. The summed E-state index contributed by atoms with van der Waals surface area (Å²) in [5.41, 5.74) is 0. The summed E-state index contributed by atoms with van der Waals surface area (Å²) < 4.78 is 12.1. The summed E-state index contributed by atoms with van der Waals surface area (Å²) in [5.74, 6) is 0. The molecule has 0 aliphatic rings. The first kappa shape index (κ1) is 18.4. The zero-order valence-corrected chi connectivity index (χ0v) is 15.8. The Morgan fingerprint density at radius 2 is 0.944 bits per heavy atom. The van der Waals surface area contributed by atoms with E-state index in [0.29, 0.717) is 12.2 Å². The van der Waals surface area contributed by atoms with Crippen LogP contribution in [0.1, 0.15) is 40.5 Å². The Morgan fingerprint density at radius 3 is 1.17 bits per heavy atom. The molecule has 0 aromatic carbocycles. The first-order valence-electron chi connectivity index (χ1n) is 7.40. The normalized spacial score (nSPS) is 13.7. The lowest BCUT2D eigenvalue weighted by molar-refractivity contribution is 0.228. The van der Waals surface area contributed by atoms with Gasteiger partial charge >= 0.3 is 0 Å². The van der Waals surface area contributed by atoms with Crippen molar-refractivity contribution in [1.82, 2.24) is 0 Å². The molecule has 0 aromatic heterocycles. The van der Waals surface area contributed by atoms with Gasteiger partial charge in [-0.15, -0.1) is 0 Å². The third-order valence-corrected chi connectivity index (χ3v) is 8.25. The van der Waals surface area contributed by atoms with Gasteiger partial charge in [0.05, 0.1) is 0 Å². The van der Waals surface area contributed by atoms with Gasteiger partial charge in [-0.05, 0) is 66.0 Å². The van der Waals surface area contributed by atoms with Crippen LogP contribution in [0.2, 0.25) is 38.3 Å². The number of hydrogen-bond donors (Lipinski definition) is 0. The van der Waals surface area contributed by atoms with Crippen molar-refractivity contribution in [3.05, 3.63) is 0 Å². The highest BCUT2D eigenvalue weighted by molar-refractivity contribution is 6.71. The smallest absolute Gasteiger partial charge is 0.187 e. The Hall–Kier alpha value is 0.354. The Kier molecular flexibility index (Phi) is 7.98. The molecular formula is C14H34O2Si2. The zero-order chi connectivity index (χ0) is 14.4. The van der Waals surface area contributed by atoms with Crippen LogP contribution in [0.5, 0.6) is 0 Å². The lowest BCUT2D eigenvalue weighted by Gasteiger charge is -2.27. The molecule has 0 N–H and O–H groups in total. The molecular weight excluding hydrogens is 256 g/mol. The molecule has 0 fully saturated rings. The second-order valence-electron chi connectivity index (χ2n) is 7.06. The van der Waals surface area contributed by atoms with Gasteiger partial charge in [0.2, 0.25) is 0 Å². The minimum absolute atomic E-state index is 0.377. The van der Waals surface area contributed by atoms with E-state index < -0.39 is 16.6 Å². The van der Waals surface area contributed by atoms with Crippen LogP contribution in [-0.2, 0) is 8.85 Å². The molecule has 0 aliphatic carbocycles. The largest absolute Gasteiger partial charge is 0.415 e. The number of hydrogen-bond acceptors (Lipinski definition) is 2.